The lowest BCUT2D eigenvalue weighted by atomic mass is 10.4. The lowest BCUT2D eigenvalue weighted by Crippen LogP contribution is -2.34. The normalized spacial score (nSPS) is 11.9. The number of methoxy groups -OCH3 is 1. The van der Waals surface area contributed by atoms with Gasteiger partial charge in [0.2, 0.25) is 10.0 Å². The Hall–Kier alpha value is -0.170. The zero-order valence-electron chi connectivity index (χ0n) is 9.58. The second kappa shape index (κ2) is 9.08. The largest absolute Gasteiger partial charge is 0.383 e. The van der Waals surface area contributed by atoms with Gasteiger partial charge in [-0.25, -0.2) is 13.1 Å². The van der Waals surface area contributed by atoms with Gasteiger partial charge in [0.1, 0.15) is 0 Å². The van der Waals surface area contributed by atoms with Crippen LogP contribution in [0.2, 0.25) is 0 Å². The molecular weight excluding hydrogens is 216 g/mol. The average Bonchev–Trinajstić information content (AvgIpc) is 2.20. The van der Waals surface area contributed by atoms with Gasteiger partial charge in [-0.3, -0.25) is 0 Å². The number of nitrogens with one attached hydrogen (secondary N) is 2. The molecule has 15 heavy (non-hydrogen) atoms. The summed E-state index contributed by atoms with van der Waals surface area (Å²) in [7, 11) is -1.42. The van der Waals surface area contributed by atoms with Crippen LogP contribution in [0.25, 0.3) is 0 Å². The molecule has 6 heteroatoms. The molecule has 0 saturated carbocycles. The average molecular weight is 238 g/mol. The van der Waals surface area contributed by atoms with Gasteiger partial charge in [0.05, 0.1) is 12.4 Å². The smallest absolute Gasteiger partial charge is 0.211 e. The van der Waals surface area contributed by atoms with E-state index in [0.717, 1.165) is 13.0 Å². The maximum atomic E-state index is 11.3. The van der Waals surface area contributed by atoms with Crippen LogP contribution in [0.4, 0.5) is 0 Å². The van der Waals surface area contributed by atoms with Gasteiger partial charge in [0, 0.05) is 26.7 Å². The van der Waals surface area contributed by atoms with Crippen molar-refractivity contribution >= 4 is 10.0 Å². The van der Waals surface area contributed by atoms with E-state index in [4.69, 9.17) is 4.74 Å². The molecule has 0 bridgehead atoms. The molecule has 0 aromatic carbocycles. The fourth-order valence-corrected chi connectivity index (χ4v) is 2.23. The monoisotopic (exact) mass is 238 g/mol. The molecule has 5 nitrogen and oxygen atoms in total. The molecule has 0 spiro atoms. The first-order valence-corrected chi connectivity index (χ1v) is 6.94. The molecule has 0 saturated heterocycles. The lowest BCUT2D eigenvalue weighted by molar-refractivity contribution is 0.199. The van der Waals surface area contributed by atoms with Crippen LogP contribution in [0, 0.1) is 0 Å². The first-order valence-electron chi connectivity index (χ1n) is 5.29. The summed E-state index contributed by atoms with van der Waals surface area (Å²) in [6, 6.07) is 0. The molecule has 0 rings (SSSR count). The van der Waals surface area contributed by atoms with Crippen LogP contribution in [0.3, 0.4) is 0 Å². The molecule has 0 fully saturated rings. The van der Waals surface area contributed by atoms with Gasteiger partial charge < -0.3 is 10.1 Å². The van der Waals surface area contributed by atoms with E-state index in [-0.39, 0.29) is 5.75 Å². The molecule has 0 amide bonds. The first-order chi connectivity index (χ1) is 7.12. The molecule has 0 aliphatic carbocycles. The summed E-state index contributed by atoms with van der Waals surface area (Å²) in [4.78, 5) is 0. The highest BCUT2D eigenvalue weighted by Crippen LogP contribution is 1.92. The van der Waals surface area contributed by atoms with E-state index >= 15 is 0 Å². The molecule has 0 radical (unpaired) electrons. The standard InChI is InChI=1S/C9H22N2O3S/c1-3-4-9-15(12,13)11-6-5-10-7-8-14-2/h10-11H,3-9H2,1-2H3. The summed E-state index contributed by atoms with van der Waals surface area (Å²) >= 11 is 0. The van der Waals surface area contributed by atoms with Gasteiger partial charge in [0.25, 0.3) is 0 Å². The summed E-state index contributed by atoms with van der Waals surface area (Å²) in [6.07, 6.45) is 1.61. The number of unbranched alkanes of at least 4 members (excludes halogenated alkanes) is 1. The number of sulfonamides is 1. The van der Waals surface area contributed by atoms with Crippen molar-refractivity contribution in [1.29, 1.82) is 0 Å². The van der Waals surface area contributed by atoms with Crippen molar-refractivity contribution in [2.75, 3.05) is 39.1 Å². The molecule has 2 N–H and O–H groups in total. The van der Waals surface area contributed by atoms with Crippen molar-refractivity contribution in [3.8, 4) is 0 Å². The zero-order chi connectivity index (χ0) is 11.6. The van der Waals surface area contributed by atoms with E-state index in [9.17, 15) is 8.42 Å². The van der Waals surface area contributed by atoms with E-state index < -0.39 is 10.0 Å². The Balaban J connectivity index is 3.41. The molecule has 0 aliphatic rings. The summed E-state index contributed by atoms with van der Waals surface area (Å²) < 4.78 is 30.0. The topological polar surface area (TPSA) is 67.4 Å². The molecule has 92 valence electrons. The number of rotatable bonds is 10. The Morgan fingerprint density at radius 2 is 1.93 bits per heavy atom. The number of ether oxygens (including phenoxy) is 1. The van der Waals surface area contributed by atoms with E-state index in [1.807, 2.05) is 6.92 Å². The fraction of sp³-hybridized carbons (Fsp3) is 1.00. The predicted octanol–water partition coefficient (Wildman–Crippen LogP) is -0.0581. The second-order valence-corrected chi connectivity index (χ2v) is 5.24. The van der Waals surface area contributed by atoms with Gasteiger partial charge in [-0.1, -0.05) is 13.3 Å². The van der Waals surface area contributed by atoms with Gasteiger partial charge in [-0.15, -0.1) is 0 Å². The van der Waals surface area contributed by atoms with Crippen molar-refractivity contribution < 1.29 is 13.2 Å². The molecule has 0 aromatic heterocycles. The fourth-order valence-electron chi connectivity index (χ4n) is 1.00. The molecule has 0 aliphatic heterocycles. The maximum absolute atomic E-state index is 11.3. The van der Waals surface area contributed by atoms with Gasteiger partial charge in [-0.05, 0) is 6.42 Å². The van der Waals surface area contributed by atoms with Crippen molar-refractivity contribution in [1.82, 2.24) is 10.0 Å². The minimum atomic E-state index is -3.06. The maximum Gasteiger partial charge on any atom is 0.211 e. The van der Waals surface area contributed by atoms with Crippen LogP contribution in [0.1, 0.15) is 19.8 Å². The van der Waals surface area contributed by atoms with E-state index in [2.05, 4.69) is 10.0 Å². The lowest BCUT2D eigenvalue weighted by Gasteiger charge is -2.06. The Kier molecular flexibility index (Phi) is 8.98. The predicted molar refractivity (Wildman–Crippen MR) is 61.4 cm³/mol. The van der Waals surface area contributed by atoms with Gasteiger partial charge >= 0.3 is 0 Å². The van der Waals surface area contributed by atoms with Crippen LogP contribution >= 0.6 is 0 Å². The summed E-state index contributed by atoms with van der Waals surface area (Å²) in [5, 5.41) is 3.06. The first kappa shape index (κ1) is 14.8. The molecule has 0 atom stereocenters. The number of hydrogen-bond donors (Lipinski definition) is 2. The van der Waals surface area contributed by atoms with Gasteiger partial charge in [-0.2, -0.15) is 0 Å². The van der Waals surface area contributed by atoms with Crippen LogP contribution in [0.15, 0.2) is 0 Å². The third-order valence-electron chi connectivity index (χ3n) is 1.87. The third kappa shape index (κ3) is 10.1. The number of hydrogen-bond acceptors (Lipinski definition) is 4. The van der Waals surface area contributed by atoms with Crippen LogP contribution in [0.5, 0.6) is 0 Å². The van der Waals surface area contributed by atoms with Crippen molar-refractivity contribution in [3.05, 3.63) is 0 Å². The van der Waals surface area contributed by atoms with Crippen LogP contribution < -0.4 is 10.0 Å². The Morgan fingerprint density at radius 1 is 1.20 bits per heavy atom. The highest BCUT2D eigenvalue weighted by atomic mass is 32.2. The van der Waals surface area contributed by atoms with Gasteiger partial charge in [0.15, 0.2) is 0 Å². The summed E-state index contributed by atoms with van der Waals surface area (Å²) in [5.41, 5.74) is 0. The quantitative estimate of drug-likeness (QED) is 0.523. The second-order valence-electron chi connectivity index (χ2n) is 3.31. The van der Waals surface area contributed by atoms with Crippen LogP contribution in [-0.2, 0) is 14.8 Å². The highest BCUT2D eigenvalue weighted by Gasteiger charge is 2.07. The van der Waals surface area contributed by atoms with E-state index in [0.29, 0.717) is 26.1 Å². The van der Waals surface area contributed by atoms with E-state index in [1.54, 1.807) is 7.11 Å². The summed E-state index contributed by atoms with van der Waals surface area (Å²) in [6.45, 7) is 4.43. The third-order valence-corrected chi connectivity index (χ3v) is 3.34. The Morgan fingerprint density at radius 3 is 2.53 bits per heavy atom. The van der Waals surface area contributed by atoms with Crippen LogP contribution in [-0.4, -0.2) is 47.5 Å². The summed E-state index contributed by atoms with van der Waals surface area (Å²) in [5.74, 6) is 0.224. The van der Waals surface area contributed by atoms with Crippen molar-refractivity contribution in [2.24, 2.45) is 0 Å². The minimum Gasteiger partial charge on any atom is -0.383 e. The Labute approximate surface area is 92.6 Å². The molecular formula is C9H22N2O3S. The zero-order valence-corrected chi connectivity index (χ0v) is 10.4. The Bertz CT molecular complexity index is 230. The molecule has 0 aromatic rings. The van der Waals surface area contributed by atoms with Crippen molar-refractivity contribution in [2.45, 2.75) is 19.8 Å². The molecule has 0 unspecified atom stereocenters. The molecule has 0 heterocycles. The minimum absolute atomic E-state index is 0.224. The van der Waals surface area contributed by atoms with E-state index in [1.165, 1.54) is 0 Å². The van der Waals surface area contributed by atoms with Crippen molar-refractivity contribution in [3.63, 3.8) is 0 Å². The SMILES string of the molecule is CCCCS(=O)(=O)NCCNCCOC. The highest BCUT2D eigenvalue weighted by molar-refractivity contribution is 7.89.